The van der Waals surface area contributed by atoms with E-state index in [1.807, 2.05) is 6.92 Å². The number of rotatable bonds is 3. The molecule has 0 rings (SSSR count). The molecular formula is C5H9Br3O. The van der Waals surface area contributed by atoms with Gasteiger partial charge in [-0.2, -0.15) is 0 Å². The van der Waals surface area contributed by atoms with E-state index in [1.165, 1.54) is 0 Å². The third kappa shape index (κ3) is 3.35. The maximum Gasteiger partial charge on any atom is 0.107 e. The van der Waals surface area contributed by atoms with Crippen LogP contribution in [0.1, 0.15) is 13.3 Å². The van der Waals surface area contributed by atoms with E-state index in [0.717, 1.165) is 6.42 Å². The van der Waals surface area contributed by atoms with Crippen molar-refractivity contribution in [3.05, 3.63) is 0 Å². The van der Waals surface area contributed by atoms with Crippen molar-refractivity contribution in [1.82, 2.24) is 0 Å². The van der Waals surface area contributed by atoms with E-state index in [9.17, 15) is 5.11 Å². The minimum atomic E-state index is -0.387. The van der Waals surface area contributed by atoms with Gasteiger partial charge in [-0.15, -0.1) is 0 Å². The second-order valence-corrected chi connectivity index (χ2v) is 6.33. The summed E-state index contributed by atoms with van der Waals surface area (Å²) in [5.41, 5.74) is 0. The SMILES string of the molecule is CCC(Br)(Br)C(O)CBr. The van der Waals surface area contributed by atoms with Crippen LogP contribution < -0.4 is 0 Å². The highest BCUT2D eigenvalue weighted by molar-refractivity contribution is 9.25. The van der Waals surface area contributed by atoms with Crippen molar-refractivity contribution in [2.75, 3.05) is 5.33 Å². The van der Waals surface area contributed by atoms with E-state index >= 15 is 0 Å². The van der Waals surface area contributed by atoms with Crippen LogP contribution in [0.25, 0.3) is 0 Å². The maximum atomic E-state index is 9.25. The summed E-state index contributed by atoms with van der Waals surface area (Å²) in [7, 11) is 0. The van der Waals surface area contributed by atoms with Crippen molar-refractivity contribution < 1.29 is 5.11 Å². The monoisotopic (exact) mass is 322 g/mol. The summed E-state index contributed by atoms with van der Waals surface area (Å²) in [6, 6.07) is 0. The second kappa shape index (κ2) is 4.31. The Hall–Kier alpha value is 1.40. The largest absolute Gasteiger partial charge is 0.390 e. The number of aliphatic hydroxyl groups excluding tert-OH is 1. The van der Waals surface area contributed by atoms with Gasteiger partial charge in [0.25, 0.3) is 0 Å². The highest BCUT2D eigenvalue weighted by Crippen LogP contribution is 2.34. The Morgan fingerprint density at radius 3 is 2.11 bits per heavy atom. The molecule has 1 atom stereocenters. The van der Waals surface area contributed by atoms with Crippen molar-refractivity contribution in [1.29, 1.82) is 0 Å². The Kier molecular flexibility index (Phi) is 4.98. The highest BCUT2D eigenvalue weighted by atomic mass is 79.9. The molecule has 56 valence electrons. The number of hydrogen-bond donors (Lipinski definition) is 1. The van der Waals surface area contributed by atoms with E-state index in [0.29, 0.717) is 5.33 Å². The minimum Gasteiger partial charge on any atom is -0.390 e. The summed E-state index contributed by atoms with van der Waals surface area (Å²) < 4.78 is -0.316. The van der Waals surface area contributed by atoms with Gasteiger partial charge >= 0.3 is 0 Å². The molecule has 0 spiro atoms. The average Bonchev–Trinajstić information content (AvgIpc) is 1.86. The quantitative estimate of drug-likeness (QED) is 0.791. The van der Waals surface area contributed by atoms with Crippen LogP contribution in [0, 0.1) is 0 Å². The summed E-state index contributed by atoms with van der Waals surface area (Å²) in [5.74, 6) is 0. The molecule has 0 bridgehead atoms. The van der Waals surface area contributed by atoms with Gasteiger partial charge in [-0.3, -0.25) is 0 Å². The average molecular weight is 325 g/mol. The number of halogens is 3. The van der Waals surface area contributed by atoms with E-state index < -0.39 is 0 Å². The lowest BCUT2D eigenvalue weighted by Gasteiger charge is -2.22. The number of hydrogen-bond acceptors (Lipinski definition) is 1. The number of alkyl halides is 3. The topological polar surface area (TPSA) is 20.2 Å². The fourth-order valence-corrected chi connectivity index (χ4v) is 2.09. The Morgan fingerprint density at radius 1 is 1.56 bits per heavy atom. The first-order chi connectivity index (χ1) is 4.04. The van der Waals surface area contributed by atoms with Gasteiger partial charge in [0, 0.05) is 5.33 Å². The van der Waals surface area contributed by atoms with Crippen LogP contribution in [0.4, 0.5) is 0 Å². The molecule has 0 amide bonds. The molecule has 0 aliphatic heterocycles. The zero-order valence-electron chi connectivity index (χ0n) is 5.07. The predicted molar refractivity (Wildman–Crippen MR) is 50.7 cm³/mol. The van der Waals surface area contributed by atoms with Crippen molar-refractivity contribution in [2.24, 2.45) is 0 Å². The van der Waals surface area contributed by atoms with Gasteiger partial charge in [0.1, 0.15) is 3.23 Å². The molecule has 0 aromatic carbocycles. The first-order valence-corrected chi connectivity index (χ1v) is 5.37. The maximum absolute atomic E-state index is 9.25. The van der Waals surface area contributed by atoms with Gasteiger partial charge in [0.15, 0.2) is 0 Å². The van der Waals surface area contributed by atoms with Crippen LogP contribution in [0.2, 0.25) is 0 Å². The second-order valence-electron chi connectivity index (χ2n) is 1.78. The van der Waals surface area contributed by atoms with Crippen LogP contribution in [0.15, 0.2) is 0 Å². The lowest BCUT2D eigenvalue weighted by molar-refractivity contribution is 0.189. The molecule has 1 unspecified atom stereocenters. The van der Waals surface area contributed by atoms with Crippen LogP contribution in [-0.2, 0) is 0 Å². The van der Waals surface area contributed by atoms with Gasteiger partial charge in [-0.05, 0) is 6.42 Å². The molecule has 0 fully saturated rings. The standard InChI is InChI=1S/C5H9Br3O/c1-2-5(7,8)4(9)3-6/h4,9H,2-3H2,1H3. The first-order valence-electron chi connectivity index (χ1n) is 2.66. The molecule has 0 aliphatic carbocycles. The van der Waals surface area contributed by atoms with Crippen molar-refractivity contribution in [2.45, 2.75) is 22.7 Å². The lowest BCUT2D eigenvalue weighted by atomic mass is 10.2. The van der Waals surface area contributed by atoms with Crippen molar-refractivity contribution >= 4 is 47.8 Å². The van der Waals surface area contributed by atoms with Crippen molar-refractivity contribution in [3.8, 4) is 0 Å². The molecule has 0 saturated carbocycles. The third-order valence-corrected chi connectivity index (χ3v) is 3.90. The molecule has 0 radical (unpaired) electrons. The van der Waals surface area contributed by atoms with Crippen LogP contribution in [-0.4, -0.2) is 19.8 Å². The van der Waals surface area contributed by atoms with Gasteiger partial charge in [0.2, 0.25) is 0 Å². The molecule has 0 heterocycles. The third-order valence-electron chi connectivity index (χ3n) is 1.11. The molecule has 0 aromatic rings. The minimum absolute atomic E-state index is 0.316. The number of aliphatic hydroxyl groups is 1. The normalized spacial score (nSPS) is 15.7. The Bertz CT molecular complexity index is 84.3. The molecule has 4 heteroatoms. The van der Waals surface area contributed by atoms with E-state index in [2.05, 4.69) is 47.8 Å². The molecule has 9 heavy (non-hydrogen) atoms. The van der Waals surface area contributed by atoms with Crippen LogP contribution in [0.3, 0.4) is 0 Å². The molecule has 0 saturated heterocycles. The summed E-state index contributed by atoms with van der Waals surface area (Å²) in [6.07, 6.45) is 0.460. The highest BCUT2D eigenvalue weighted by Gasteiger charge is 2.28. The lowest BCUT2D eigenvalue weighted by Crippen LogP contribution is -2.30. The fraction of sp³-hybridized carbons (Fsp3) is 1.00. The molecule has 0 aliphatic rings. The molecular weight excluding hydrogens is 316 g/mol. The Labute approximate surface area is 80.6 Å². The van der Waals surface area contributed by atoms with Gasteiger partial charge in [0.05, 0.1) is 6.10 Å². The van der Waals surface area contributed by atoms with Gasteiger partial charge in [-0.1, -0.05) is 54.7 Å². The summed E-state index contributed by atoms with van der Waals surface area (Å²) >= 11 is 9.87. The van der Waals surface area contributed by atoms with E-state index in [-0.39, 0.29) is 9.34 Å². The van der Waals surface area contributed by atoms with Gasteiger partial charge < -0.3 is 5.11 Å². The van der Waals surface area contributed by atoms with Gasteiger partial charge in [-0.25, -0.2) is 0 Å². The van der Waals surface area contributed by atoms with Crippen molar-refractivity contribution in [3.63, 3.8) is 0 Å². The van der Waals surface area contributed by atoms with Crippen LogP contribution in [0.5, 0.6) is 0 Å². The Balaban J connectivity index is 3.80. The zero-order valence-corrected chi connectivity index (χ0v) is 9.83. The van der Waals surface area contributed by atoms with Crippen LogP contribution >= 0.6 is 47.8 Å². The first kappa shape index (κ1) is 10.4. The Morgan fingerprint density at radius 2 is 2.00 bits per heavy atom. The van der Waals surface area contributed by atoms with E-state index in [1.54, 1.807) is 0 Å². The molecule has 1 N–H and O–H groups in total. The van der Waals surface area contributed by atoms with E-state index in [4.69, 9.17) is 0 Å². The fourth-order valence-electron chi connectivity index (χ4n) is 0.349. The molecule has 0 aromatic heterocycles. The molecule has 1 nitrogen and oxygen atoms in total. The smallest absolute Gasteiger partial charge is 0.107 e. The summed E-state index contributed by atoms with van der Waals surface area (Å²) in [5, 5.41) is 9.83. The summed E-state index contributed by atoms with van der Waals surface area (Å²) in [4.78, 5) is 0. The summed E-state index contributed by atoms with van der Waals surface area (Å²) in [6.45, 7) is 2.00. The predicted octanol–water partition coefficient (Wildman–Crippen LogP) is 2.64. The zero-order chi connectivity index (χ0) is 7.49.